The van der Waals surface area contributed by atoms with Crippen molar-refractivity contribution in [3.63, 3.8) is 0 Å². The van der Waals surface area contributed by atoms with Crippen molar-refractivity contribution in [1.82, 2.24) is 4.57 Å². The van der Waals surface area contributed by atoms with Crippen LogP contribution in [0.15, 0.2) is 198 Å². The molecule has 0 fully saturated rings. The highest BCUT2D eigenvalue weighted by Gasteiger charge is 2.52. The third-order valence-electron chi connectivity index (χ3n) is 14.3. The zero-order valence-corrected chi connectivity index (χ0v) is 36.3. The minimum Gasteiger partial charge on any atom is -0.489 e. The minimum absolute atomic E-state index is 0.170. The van der Waals surface area contributed by atoms with Crippen LogP contribution in [0.25, 0.3) is 60.6 Å². The number of rotatable bonds is 6. The Hall–Kier alpha value is -8.00. The Morgan fingerprint density at radius 3 is 2.20 bits per heavy atom. The summed E-state index contributed by atoms with van der Waals surface area (Å²) in [7, 11) is 0. The maximum absolute atomic E-state index is 7.31. The van der Waals surface area contributed by atoms with Crippen LogP contribution in [0.2, 0.25) is 0 Å². The van der Waals surface area contributed by atoms with Gasteiger partial charge in [-0.2, -0.15) is 0 Å². The molecule has 10 aromatic rings. The largest absolute Gasteiger partial charge is 0.489 e. The fourth-order valence-electron chi connectivity index (χ4n) is 11.6. The van der Waals surface area contributed by atoms with E-state index in [1.54, 1.807) is 0 Å². The number of aryl methyl sites for hydroxylation is 1. The van der Waals surface area contributed by atoms with E-state index in [0.717, 1.165) is 96.4 Å². The normalized spacial score (nSPS) is 18.4. The first kappa shape index (κ1) is 37.5. The summed E-state index contributed by atoms with van der Waals surface area (Å²) in [6.07, 6.45) is 15.5. The lowest BCUT2D eigenvalue weighted by Crippen LogP contribution is -2.30. The number of nitrogens with zero attached hydrogens (tertiary/aromatic N) is 2. The number of hydrogen-bond acceptors (Lipinski definition) is 3. The monoisotopic (exact) mass is 836 g/mol. The minimum atomic E-state index is -0.696. The SMILES string of the molecule is C#CC1c2c(ccc3c2-c2c(cc(N(c4ccc(C)cc4)c4cccc5c4c4ccccc4n5-c4ccccc4)c4oc5ccccc5c24)C3(C2=CCCC=C2)c2ccccc2)OC1C. The topological polar surface area (TPSA) is 30.5 Å². The van der Waals surface area contributed by atoms with E-state index < -0.39 is 5.41 Å². The lowest BCUT2D eigenvalue weighted by molar-refractivity contribution is 0.244. The number of fused-ring (bicyclic) bond motifs is 12. The summed E-state index contributed by atoms with van der Waals surface area (Å²) in [5.41, 5.74) is 16.9. The number of anilines is 3. The summed E-state index contributed by atoms with van der Waals surface area (Å²) in [4.78, 5) is 2.46. The highest BCUT2D eigenvalue weighted by molar-refractivity contribution is 6.22. The predicted octanol–water partition coefficient (Wildman–Crippen LogP) is 15.6. The molecule has 3 atom stereocenters. The molecule has 65 heavy (non-hydrogen) atoms. The van der Waals surface area contributed by atoms with Gasteiger partial charge >= 0.3 is 0 Å². The van der Waals surface area contributed by atoms with Crippen LogP contribution in [0.5, 0.6) is 5.75 Å². The fourth-order valence-corrected chi connectivity index (χ4v) is 11.6. The average Bonchev–Trinajstić information content (AvgIpc) is 4.09. The number of allylic oxidation sites excluding steroid dienone is 4. The molecule has 2 aromatic heterocycles. The molecule has 0 bridgehead atoms. The number of benzene rings is 8. The van der Waals surface area contributed by atoms with Gasteiger partial charge in [0.1, 0.15) is 17.4 Å². The molecule has 0 N–H and O–H groups in total. The Morgan fingerprint density at radius 2 is 1.42 bits per heavy atom. The van der Waals surface area contributed by atoms with E-state index in [0.29, 0.717) is 0 Å². The Kier molecular flexibility index (Phi) is 8.24. The fraction of sp³-hybridized carbons (Fsp3) is 0.115. The molecule has 0 saturated heterocycles. The molecular formula is C61H44N2O2. The molecule has 1 aliphatic heterocycles. The van der Waals surface area contributed by atoms with Crippen LogP contribution >= 0.6 is 0 Å². The van der Waals surface area contributed by atoms with Crippen molar-refractivity contribution in [3.8, 4) is 34.9 Å². The van der Waals surface area contributed by atoms with Crippen molar-refractivity contribution in [3.05, 3.63) is 221 Å². The smallest absolute Gasteiger partial charge is 0.160 e. The summed E-state index contributed by atoms with van der Waals surface area (Å²) in [5.74, 6) is 3.82. The maximum atomic E-state index is 7.31. The van der Waals surface area contributed by atoms with Crippen molar-refractivity contribution < 1.29 is 9.15 Å². The molecule has 3 heterocycles. The van der Waals surface area contributed by atoms with Crippen LogP contribution in [-0.2, 0) is 5.41 Å². The molecule has 3 unspecified atom stereocenters. The molecule has 2 aliphatic carbocycles. The van der Waals surface area contributed by atoms with Gasteiger partial charge in [0, 0.05) is 38.5 Å². The van der Waals surface area contributed by atoms with E-state index in [-0.39, 0.29) is 12.0 Å². The number of para-hydroxylation sites is 3. The van der Waals surface area contributed by atoms with Gasteiger partial charge in [-0.05, 0) is 121 Å². The van der Waals surface area contributed by atoms with Gasteiger partial charge in [0.25, 0.3) is 0 Å². The zero-order chi connectivity index (χ0) is 43.4. The van der Waals surface area contributed by atoms with Gasteiger partial charge in [0.2, 0.25) is 0 Å². The predicted molar refractivity (Wildman–Crippen MR) is 267 cm³/mol. The van der Waals surface area contributed by atoms with E-state index in [4.69, 9.17) is 15.6 Å². The van der Waals surface area contributed by atoms with Crippen molar-refractivity contribution in [2.75, 3.05) is 4.90 Å². The second-order valence-corrected chi connectivity index (χ2v) is 17.8. The van der Waals surface area contributed by atoms with E-state index >= 15 is 0 Å². The first-order valence-corrected chi connectivity index (χ1v) is 22.7. The van der Waals surface area contributed by atoms with Crippen molar-refractivity contribution in [1.29, 1.82) is 0 Å². The first-order chi connectivity index (χ1) is 32.1. The number of hydrogen-bond donors (Lipinski definition) is 0. The molecule has 0 radical (unpaired) electrons. The van der Waals surface area contributed by atoms with Gasteiger partial charge < -0.3 is 18.6 Å². The number of ether oxygens (including phenoxy) is 1. The Morgan fingerprint density at radius 1 is 0.677 bits per heavy atom. The summed E-state index contributed by atoms with van der Waals surface area (Å²) in [5, 5.41) is 4.48. The van der Waals surface area contributed by atoms with Crippen LogP contribution in [-0.4, -0.2) is 10.7 Å². The van der Waals surface area contributed by atoms with Crippen LogP contribution < -0.4 is 9.64 Å². The van der Waals surface area contributed by atoms with Gasteiger partial charge in [0.05, 0.1) is 33.7 Å². The Labute approximate surface area is 378 Å². The van der Waals surface area contributed by atoms with Crippen LogP contribution in [0, 0.1) is 19.3 Å². The summed E-state index contributed by atoms with van der Waals surface area (Å²) in [6.45, 7) is 4.25. The molecular weight excluding hydrogens is 793 g/mol. The summed E-state index contributed by atoms with van der Waals surface area (Å²) in [6, 6.07) is 61.7. The molecule has 0 saturated carbocycles. The molecule has 8 aromatic carbocycles. The van der Waals surface area contributed by atoms with Crippen LogP contribution in [0.4, 0.5) is 17.1 Å². The summed E-state index contributed by atoms with van der Waals surface area (Å²) < 4.78 is 16.3. The van der Waals surface area contributed by atoms with Crippen molar-refractivity contribution >= 4 is 60.8 Å². The number of terminal acetylenes is 1. The third kappa shape index (κ3) is 5.21. The van der Waals surface area contributed by atoms with E-state index in [1.165, 1.54) is 33.2 Å². The Bertz CT molecular complexity index is 3680. The van der Waals surface area contributed by atoms with E-state index in [1.807, 2.05) is 0 Å². The van der Waals surface area contributed by atoms with Crippen molar-refractivity contribution in [2.45, 2.75) is 44.1 Å². The van der Waals surface area contributed by atoms with Crippen LogP contribution in [0.1, 0.15) is 53.5 Å². The average molecular weight is 837 g/mol. The molecule has 310 valence electrons. The molecule has 4 heteroatoms. The molecule has 0 amide bonds. The lowest BCUT2D eigenvalue weighted by Gasteiger charge is -2.36. The van der Waals surface area contributed by atoms with Crippen molar-refractivity contribution in [2.24, 2.45) is 0 Å². The molecule has 4 nitrogen and oxygen atoms in total. The standard InChI is InChI=1S/C61H44N2O2/c1-4-44-39(3)64-54-36-35-47-58(56(44)54)59-48(61(47,40-19-8-5-9-20-40)41-21-10-6-11-22-41)37-52(60-57(59)46-26-15-17-30-53(46)65-60)63(43-33-31-38(2)32-34-43)51-29-18-28-50-55(51)45-25-14-16-27-49(45)62(50)42-23-12-7-13-24-42/h1,5,7-10,12-37,39,44H,6,11H2,2-3H3. The number of furan rings is 1. The molecule has 3 aliphatic rings. The van der Waals surface area contributed by atoms with Gasteiger partial charge in [-0.3, -0.25) is 0 Å². The second-order valence-electron chi connectivity index (χ2n) is 17.8. The Balaban J connectivity index is 1.23. The van der Waals surface area contributed by atoms with Gasteiger partial charge in [-0.25, -0.2) is 0 Å². The highest BCUT2D eigenvalue weighted by atomic mass is 16.5. The van der Waals surface area contributed by atoms with Gasteiger partial charge in [-0.15, -0.1) is 6.42 Å². The molecule has 0 spiro atoms. The number of aromatic nitrogens is 1. The van der Waals surface area contributed by atoms with E-state index in [9.17, 15) is 0 Å². The van der Waals surface area contributed by atoms with Gasteiger partial charge in [-0.1, -0.05) is 139 Å². The van der Waals surface area contributed by atoms with E-state index in [2.05, 4.69) is 217 Å². The molecule has 13 rings (SSSR count). The summed E-state index contributed by atoms with van der Waals surface area (Å²) >= 11 is 0. The maximum Gasteiger partial charge on any atom is 0.160 e. The highest BCUT2D eigenvalue weighted by Crippen LogP contribution is 2.65. The quantitative estimate of drug-likeness (QED) is 0.156. The lowest BCUT2D eigenvalue weighted by atomic mass is 9.66. The van der Waals surface area contributed by atoms with Crippen LogP contribution in [0.3, 0.4) is 0 Å². The van der Waals surface area contributed by atoms with Gasteiger partial charge in [0.15, 0.2) is 5.58 Å². The first-order valence-electron chi connectivity index (χ1n) is 22.7. The zero-order valence-electron chi connectivity index (χ0n) is 36.3. The third-order valence-corrected chi connectivity index (χ3v) is 14.3. The second kappa shape index (κ2) is 14.3.